The second-order valence-electron chi connectivity index (χ2n) is 3.35. The third-order valence-corrected chi connectivity index (χ3v) is 2.22. The van der Waals surface area contributed by atoms with Crippen LogP contribution in [-0.2, 0) is 9.59 Å². The lowest BCUT2D eigenvalue weighted by molar-refractivity contribution is -0.133. The lowest BCUT2D eigenvalue weighted by Gasteiger charge is -2.11. The van der Waals surface area contributed by atoms with Gasteiger partial charge in [-0.1, -0.05) is 13.8 Å². The van der Waals surface area contributed by atoms with Gasteiger partial charge in [0.1, 0.15) is 0 Å². The molecule has 0 aliphatic carbocycles. The number of rotatable bonds is 1. The molecule has 3 nitrogen and oxygen atoms in total. The number of hydrogen-bond donors (Lipinski definition) is 0. The van der Waals surface area contributed by atoms with Gasteiger partial charge in [0, 0.05) is 12.3 Å². The molecule has 1 fully saturated rings. The lowest BCUT2D eigenvalue weighted by Crippen LogP contribution is -2.28. The Morgan fingerprint density at radius 1 is 1.55 bits per heavy atom. The molecular weight excluding hydrogens is 141 g/mol. The van der Waals surface area contributed by atoms with Crippen LogP contribution in [0.15, 0.2) is 0 Å². The molecule has 0 N–H and O–H groups in total. The van der Waals surface area contributed by atoms with Gasteiger partial charge in [0.25, 0.3) is 0 Å². The molecule has 0 spiro atoms. The second-order valence-corrected chi connectivity index (χ2v) is 3.35. The van der Waals surface area contributed by atoms with Gasteiger partial charge < -0.3 is 4.81 Å². The van der Waals surface area contributed by atoms with Gasteiger partial charge in [-0.2, -0.15) is 0 Å². The van der Waals surface area contributed by atoms with Gasteiger partial charge in [-0.05, 0) is 5.92 Å². The molecule has 1 aliphatic rings. The number of amides is 2. The van der Waals surface area contributed by atoms with Crippen molar-refractivity contribution in [3.63, 3.8) is 0 Å². The summed E-state index contributed by atoms with van der Waals surface area (Å²) in [6, 6.07) is 0. The summed E-state index contributed by atoms with van der Waals surface area (Å²) in [6.07, 6.45) is 0.396. The van der Waals surface area contributed by atoms with E-state index in [4.69, 9.17) is 0 Å². The fraction of sp³-hybridized carbons (Fsp3) is 0.714. The maximum Gasteiger partial charge on any atom is 0.231 e. The highest BCUT2D eigenvalue weighted by Gasteiger charge is 2.36. The number of imide groups is 1. The molecular formula is C7H12BNO2. The van der Waals surface area contributed by atoms with Crippen LogP contribution in [0.4, 0.5) is 0 Å². The van der Waals surface area contributed by atoms with Crippen molar-refractivity contribution in [2.75, 3.05) is 0 Å². The Bertz CT molecular complexity index is 203. The van der Waals surface area contributed by atoms with E-state index in [9.17, 15) is 9.59 Å². The van der Waals surface area contributed by atoms with Gasteiger partial charge in [-0.25, -0.2) is 0 Å². The van der Waals surface area contributed by atoms with Crippen LogP contribution < -0.4 is 0 Å². The summed E-state index contributed by atoms with van der Waals surface area (Å²) in [6.45, 7) is 3.93. The Morgan fingerprint density at radius 2 is 2.09 bits per heavy atom. The Balaban J connectivity index is 2.75. The first kappa shape index (κ1) is 8.30. The SMILES string of the molecule is BN1C(=O)CC(C(C)C)C1=O. The minimum atomic E-state index is -0.0764. The highest BCUT2D eigenvalue weighted by molar-refractivity contribution is 6.27. The summed E-state index contributed by atoms with van der Waals surface area (Å²) in [5.41, 5.74) is 0. The Kier molecular flexibility index (Phi) is 2.02. The highest BCUT2D eigenvalue weighted by Crippen LogP contribution is 2.24. The minimum Gasteiger partial charge on any atom is -0.336 e. The molecule has 1 unspecified atom stereocenters. The van der Waals surface area contributed by atoms with Gasteiger partial charge in [-0.15, -0.1) is 0 Å². The molecule has 0 bridgehead atoms. The highest BCUT2D eigenvalue weighted by atomic mass is 16.2. The molecule has 2 amide bonds. The first-order valence-electron chi connectivity index (χ1n) is 3.84. The molecule has 4 heteroatoms. The minimum absolute atomic E-state index is 0.0231. The smallest absolute Gasteiger partial charge is 0.231 e. The monoisotopic (exact) mass is 153 g/mol. The van der Waals surface area contributed by atoms with Crippen LogP contribution in [0.25, 0.3) is 0 Å². The van der Waals surface area contributed by atoms with E-state index in [1.165, 1.54) is 4.81 Å². The summed E-state index contributed by atoms with van der Waals surface area (Å²) in [5, 5.41) is 0. The fourth-order valence-electron chi connectivity index (χ4n) is 1.30. The molecule has 1 saturated heterocycles. The van der Waals surface area contributed by atoms with Crippen molar-refractivity contribution >= 4 is 19.8 Å². The van der Waals surface area contributed by atoms with Crippen molar-refractivity contribution < 1.29 is 9.59 Å². The summed E-state index contributed by atoms with van der Waals surface area (Å²) >= 11 is 0. The maximum atomic E-state index is 11.3. The predicted octanol–water partition coefficient (Wildman–Crippen LogP) is -0.434. The zero-order chi connectivity index (χ0) is 8.59. The zero-order valence-electron chi connectivity index (χ0n) is 7.13. The number of hydrogen-bond acceptors (Lipinski definition) is 2. The van der Waals surface area contributed by atoms with Crippen LogP contribution in [0.3, 0.4) is 0 Å². The average molecular weight is 153 g/mol. The molecule has 1 aliphatic heterocycles. The quantitative estimate of drug-likeness (QED) is 0.378. The Hall–Kier alpha value is -0.795. The van der Waals surface area contributed by atoms with Gasteiger partial charge in [0.05, 0.1) is 0 Å². The van der Waals surface area contributed by atoms with Crippen LogP contribution in [0.1, 0.15) is 20.3 Å². The molecule has 11 heavy (non-hydrogen) atoms. The molecule has 1 atom stereocenters. The Labute approximate surface area is 67.2 Å². The van der Waals surface area contributed by atoms with E-state index in [-0.39, 0.29) is 23.7 Å². The number of carbonyl (C=O) groups excluding carboxylic acids is 2. The molecule has 1 rings (SSSR count). The van der Waals surface area contributed by atoms with Crippen molar-refractivity contribution in [3.8, 4) is 0 Å². The van der Waals surface area contributed by atoms with Crippen LogP contribution in [0, 0.1) is 11.8 Å². The van der Waals surface area contributed by atoms with Crippen molar-refractivity contribution in [2.45, 2.75) is 20.3 Å². The zero-order valence-corrected chi connectivity index (χ0v) is 7.13. The molecule has 0 radical (unpaired) electrons. The number of carbonyl (C=O) groups is 2. The van der Waals surface area contributed by atoms with E-state index in [0.717, 1.165) is 0 Å². The van der Waals surface area contributed by atoms with Gasteiger partial charge in [0.2, 0.25) is 19.8 Å². The van der Waals surface area contributed by atoms with E-state index in [1.54, 1.807) is 7.98 Å². The van der Waals surface area contributed by atoms with Crippen molar-refractivity contribution in [3.05, 3.63) is 0 Å². The third-order valence-electron chi connectivity index (χ3n) is 2.22. The van der Waals surface area contributed by atoms with Crippen molar-refractivity contribution in [1.82, 2.24) is 4.81 Å². The average Bonchev–Trinajstić information content (AvgIpc) is 2.17. The largest absolute Gasteiger partial charge is 0.336 e. The molecule has 0 aromatic heterocycles. The standard InChI is InChI=1S/C7H12BNO2/c1-4(2)5-3-6(10)9(8)7(5)11/h4-5H,3,8H2,1-2H3. The van der Waals surface area contributed by atoms with Crippen LogP contribution in [-0.4, -0.2) is 24.6 Å². The summed E-state index contributed by atoms with van der Waals surface area (Å²) in [5.74, 6) is 0.127. The van der Waals surface area contributed by atoms with Crippen LogP contribution in [0.5, 0.6) is 0 Å². The fourth-order valence-corrected chi connectivity index (χ4v) is 1.30. The van der Waals surface area contributed by atoms with E-state index in [0.29, 0.717) is 6.42 Å². The molecule has 0 aromatic rings. The van der Waals surface area contributed by atoms with Crippen LogP contribution in [0.2, 0.25) is 0 Å². The summed E-state index contributed by atoms with van der Waals surface area (Å²) < 4.78 is 0. The molecule has 0 saturated carbocycles. The summed E-state index contributed by atoms with van der Waals surface area (Å²) in [4.78, 5) is 23.5. The number of nitrogens with zero attached hydrogens (tertiary/aromatic N) is 1. The predicted molar refractivity (Wildman–Crippen MR) is 43.3 cm³/mol. The van der Waals surface area contributed by atoms with Crippen LogP contribution >= 0.6 is 0 Å². The Morgan fingerprint density at radius 3 is 2.27 bits per heavy atom. The van der Waals surface area contributed by atoms with Crippen molar-refractivity contribution in [1.29, 1.82) is 0 Å². The first-order chi connectivity index (χ1) is 5.04. The first-order valence-corrected chi connectivity index (χ1v) is 3.84. The van der Waals surface area contributed by atoms with Gasteiger partial charge in [0.15, 0.2) is 0 Å². The van der Waals surface area contributed by atoms with Crippen molar-refractivity contribution in [2.24, 2.45) is 11.8 Å². The van der Waals surface area contributed by atoms with E-state index in [1.807, 2.05) is 13.8 Å². The maximum absolute atomic E-state index is 11.3. The van der Waals surface area contributed by atoms with Gasteiger partial charge in [-0.3, -0.25) is 9.59 Å². The van der Waals surface area contributed by atoms with E-state index < -0.39 is 0 Å². The molecule has 1 heterocycles. The normalized spacial score (nSPS) is 25.4. The molecule has 60 valence electrons. The summed E-state index contributed by atoms with van der Waals surface area (Å²) in [7, 11) is 1.55. The lowest BCUT2D eigenvalue weighted by atomic mass is 9.94. The van der Waals surface area contributed by atoms with E-state index >= 15 is 0 Å². The third kappa shape index (κ3) is 1.30. The second kappa shape index (κ2) is 2.68. The van der Waals surface area contributed by atoms with Gasteiger partial charge >= 0.3 is 0 Å². The topological polar surface area (TPSA) is 37.4 Å². The molecule has 0 aromatic carbocycles. The van der Waals surface area contributed by atoms with E-state index in [2.05, 4.69) is 0 Å².